The monoisotopic (exact) mass is 439 g/mol. The summed E-state index contributed by atoms with van der Waals surface area (Å²) in [6.45, 7) is 5.08. The molecule has 1 aliphatic heterocycles. The van der Waals surface area contributed by atoms with Crippen LogP contribution in [0, 0.1) is 12.8 Å². The number of hydrogen-bond acceptors (Lipinski definition) is 5. The maximum absolute atomic E-state index is 12.9. The number of sulfonamides is 1. The SMILES string of the molecule is Cc1cccc(NC(=O)c2cn(-c3ccc(S(=O)(=O)N4CCC[C@H](C)C4)cn3)cn2)c1. The highest BCUT2D eigenvalue weighted by Crippen LogP contribution is 2.23. The third kappa shape index (κ3) is 4.67. The van der Waals surface area contributed by atoms with Crippen LogP contribution in [0.2, 0.25) is 0 Å². The molecule has 0 saturated carbocycles. The van der Waals surface area contributed by atoms with Gasteiger partial charge in [-0.15, -0.1) is 0 Å². The van der Waals surface area contributed by atoms with Gasteiger partial charge in [-0.25, -0.2) is 18.4 Å². The summed E-state index contributed by atoms with van der Waals surface area (Å²) < 4.78 is 28.9. The lowest BCUT2D eigenvalue weighted by Gasteiger charge is -2.29. The van der Waals surface area contributed by atoms with Crippen LogP contribution in [0.5, 0.6) is 0 Å². The maximum Gasteiger partial charge on any atom is 0.275 e. The molecule has 31 heavy (non-hydrogen) atoms. The fourth-order valence-corrected chi connectivity index (χ4v) is 5.22. The van der Waals surface area contributed by atoms with E-state index in [9.17, 15) is 13.2 Å². The largest absolute Gasteiger partial charge is 0.321 e. The molecule has 1 aromatic carbocycles. The lowest BCUT2D eigenvalue weighted by Crippen LogP contribution is -2.39. The Balaban J connectivity index is 1.48. The van der Waals surface area contributed by atoms with Crippen LogP contribution in [0.3, 0.4) is 0 Å². The Hall–Kier alpha value is -3.04. The molecular formula is C22H25N5O3S. The standard InChI is InChI=1S/C22H25N5O3S/c1-16-5-3-7-18(11-16)25-22(28)20-14-26(15-24-20)21-9-8-19(12-23-21)31(29,30)27-10-4-6-17(2)13-27/h3,5,7-9,11-12,14-15,17H,4,6,10,13H2,1-2H3,(H,25,28)/t17-/m0/s1. The molecule has 1 N–H and O–H groups in total. The third-order valence-corrected chi connectivity index (χ3v) is 7.18. The van der Waals surface area contributed by atoms with Gasteiger partial charge in [-0.2, -0.15) is 4.31 Å². The highest BCUT2D eigenvalue weighted by atomic mass is 32.2. The van der Waals surface area contributed by atoms with Gasteiger partial charge >= 0.3 is 0 Å². The van der Waals surface area contributed by atoms with Crippen molar-refractivity contribution in [2.45, 2.75) is 31.6 Å². The number of aromatic nitrogens is 3. The molecule has 0 radical (unpaired) electrons. The number of anilines is 1. The number of amides is 1. The van der Waals surface area contributed by atoms with Crippen molar-refractivity contribution in [3.63, 3.8) is 0 Å². The summed E-state index contributed by atoms with van der Waals surface area (Å²) >= 11 is 0. The molecule has 0 spiro atoms. The minimum atomic E-state index is -3.56. The fraction of sp³-hybridized carbons (Fsp3) is 0.318. The molecule has 0 unspecified atom stereocenters. The normalized spacial score (nSPS) is 17.4. The summed E-state index contributed by atoms with van der Waals surface area (Å²) in [5.41, 5.74) is 1.98. The quantitative estimate of drug-likeness (QED) is 0.658. The van der Waals surface area contributed by atoms with Crippen LogP contribution in [0.25, 0.3) is 5.82 Å². The van der Waals surface area contributed by atoms with Gasteiger partial charge in [-0.05, 0) is 55.5 Å². The van der Waals surface area contributed by atoms with Crippen molar-refractivity contribution < 1.29 is 13.2 Å². The maximum atomic E-state index is 12.9. The molecule has 3 aromatic rings. The van der Waals surface area contributed by atoms with Crippen molar-refractivity contribution in [1.29, 1.82) is 0 Å². The van der Waals surface area contributed by atoms with Crippen molar-refractivity contribution in [2.24, 2.45) is 5.92 Å². The molecule has 0 bridgehead atoms. The molecule has 4 rings (SSSR count). The van der Waals surface area contributed by atoms with Crippen LogP contribution in [-0.4, -0.2) is 46.3 Å². The zero-order valence-corrected chi connectivity index (χ0v) is 18.3. The molecule has 1 atom stereocenters. The van der Waals surface area contributed by atoms with E-state index in [2.05, 4.69) is 22.2 Å². The van der Waals surface area contributed by atoms with Crippen LogP contribution in [0.4, 0.5) is 5.69 Å². The van der Waals surface area contributed by atoms with Gasteiger partial charge in [0.15, 0.2) is 0 Å². The number of aryl methyl sites for hydroxylation is 1. The van der Waals surface area contributed by atoms with Crippen LogP contribution in [-0.2, 0) is 10.0 Å². The van der Waals surface area contributed by atoms with Gasteiger partial charge in [0.25, 0.3) is 5.91 Å². The molecular weight excluding hydrogens is 414 g/mol. The van der Waals surface area contributed by atoms with Crippen LogP contribution in [0.1, 0.15) is 35.8 Å². The third-order valence-electron chi connectivity index (χ3n) is 5.33. The van der Waals surface area contributed by atoms with E-state index < -0.39 is 10.0 Å². The first kappa shape index (κ1) is 21.2. The topological polar surface area (TPSA) is 97.2 Å². The molecule has 162 valence electrons. The van der Waals surface area contributed by atoms with Gasteiger partial charge in [-0.1, -0.05) is 19.1 Å². The van der Waals surface area contributed by atoms with E-state index in [-0.39, 0.29) is 16.5 Å². The molecule has 0 aliphatic carbocycles. The molecule has 1 saturated heterocycles. The second kappa shape index (κ2) is 8.60. The van der Waals surface area contributed by atoms with E-state index in [1.807, 2.05) is 31.2 Å². The number of rotatable bonds is 5. The summed E-state index contributed by atoms with van der Waals surface area (Å²) in [5.74, 6) is 0.502. The second-order valence-electron chi connectivity index (χ2n) is 7.95. The molecule has 2 aromatic heterocycles. The van der Waals surface area contributed by atoms with Gasteiger partial charge in [0.2, 0.25) is 10.0 Å². The van der Waals surface area contributed by atoms with Gasteiger partial charge in [0, 0.05) is 31.2 Å². The van der Waals surface area contributed by atoms with Crippen molar-refractivity contribution in [2.75, 3.05) is 18.4 Å². The minimum absolute atomic E-state index is 0.169. The van der Waals surface area contributed by atoms with Crippen molar-refractivity contribution in [3.8, 4) is 5.82 Å². The van der Waals surface area contributed by atoms with E-state index in [0.717, 1.165) is 18.4 Å². The van der Waals surface area contributed by atoms with Crippen molar-refractivity contribution in [1.82, 2.24) is 18.8 Å². The average Bonchev–Trinajstić information content (AvgIpc) is 3.24. The van der Waals surface area contributed by atoms with Gasteiger partial charge in [0.05, 0.1) is 0 Å². The number of nitrogens with one attached hydrogen (secondary N) is 1. The molecule has 1 fully saturated rings. The molecule has 1 amide bonds. The predicted molar refractivity (Wildman–Crippen MR) is 118 cm³/mol. The summed E-state index contributed by atoms with van der Waals surface area (Å²) in [6.07, 6.45) is 6.32. The van der Waals surface area contributed by atoms with Gasteiger partial charge in [0.1, 0.15) is 22.7 Å². The summed E-state index contributed by atoms with van der Waals surface area (Å²) in [7, 11) is -3.56. The smallest absolute Gasteiger partial charge is 0.275 e. The predicted octanol–water partition coefficient (Wildman–Crippen LogP) is 3.25. The summed E-state index contributed by atoms with van der Waals surface area (Å²) in [5, 5.41) is 2.81. The number of nitrogens with zero attached hydrogens (tertiary/aromatic N) is 4. The first-order valence-electron chi connectivity index (χ1n) is 10.2. The number of hydrogen-bond donors (Lipinski definition) is 1. The number of benzene rings is 1. The first-order chi connectivity index (χ1) is 14.8. The Kier molecular flexibility index (Phi) is 5.88. The lowest BCUT2D eigenvalue weighted by molar-refractivity contribution is 0.102. The average molecular weight is 440 g/mol. The van der Waals surface area contributed by atoms with E-state index in [4.69, 9.17) is 0 Å². The second-order valence-corrected chi connectivity index (χ2v) is 9.89. The first-order valence-corrected chi connectivity index (χ1v) is 11.7. The van der Waals surface area contributed by atoms with Gasteiger partial charge < -0.3 is 5.32 Å². The Bertz CT molecular complexity index is 1190. The summed E-state index contributed by atoms with van der Waals surface area (Å²) in [6, 6.07) is 10.7. The highest BCUT2D eigenvalue weighted by Gasteiger charge is 2.28. The Morgan fingerprint density at radius 3 is 2.74 bits per heavy atom. The van der Waals surface area contributed by atoms with E-state index in [1.165, 1.54) is 16.8 Å². The van der Waals surface area contributed by atoms with Crippen molar-refractivity contribution >= 4 is 21.6 Å². The zero-order valence-electron chi connectivity index (χ0n) is 17.5. The van der Waals surface area contributed by atoms with E-state index in [1.54, 1.807) is 22.9 Å². The van der Waals surface area contributed by atoms with Gasteiger partial charge in [-0.3, -0.25) is 9.36 Å². The number of piperidine rings is 1. The lowest BCUT2D eigenvalue weighted by atomic mass is 10.0. The highest BCUT2D eigenvalue weighted by molar-refractivity contribution is 7.89. The number of carbonyl (C=O) groups excluding carboxylic acids is 1. The van der Waals surface area contributed by atoms with Crippen LogP contribution in [0.15, 0.2) is 60.0 Å². The number of pyridine rings is 1. The number of carbonyl (C=O) groups is 1. The zero-order chi connectivity index (χ0) is 22.0. The molecule has 9 heteroatoms. The van der Waals surface area contributed by atoms with Crippen LogP contribution < -0.4 is 5.32 Å². The Morgan fingerprint density at radius 1 is 1.19 bits per heavy atom. The molecule has 1 aliphatic rings. The molecule has 8 nitrogen and oxygen atoms in total. The molecule has 3 heterocycles. The Morgan fingerprint density at radius 2 is 2.03 bits per heavy atom. The minimum Gasteiger partial charge on any atom is -0.321 e. The number of imidazole rings is 1. The fourth-order valence-electron chi connectivity index (χ4n) is 3.67. The van der Waals surface area contributed by atoms with Crippen molar-refractivity contribution in [3.05, 3.63) is 66.4 Å². The Labute approximate surface area is 182 Å². The van der Waals surface area contributed by atoms with E-state index in [0.29, 0.717) is 30.5 Å². The van der Waals surface area contributed by atoms with Crippen LogP contribution >= 0.6 is 0 Å². The summed E-state index contributed by atoms with van der Waals surface area (Å²) in [4.78, 5) is 21.1. The van der Waals surface area contributed by atoms with E-state index >= 15 is 0 Å².